The Bertz CT molecular complexity index is 2020. The van der Waals surface area contributed by atoms with Gasteiger partial charge in [0.2, 0.25) is 0 Å². The zero-order valence-corrected chi connectivity index (χ0v) is 40.9. The molecule has 1 N–H and O–H groups in total. The predicted molar refractivity (Wildman–Crippen MR) is 256 cm³/mol. The van der Waals surface area contributed by atoms with Crippen LogP contribution >= 0.6 is 0 Å². The van der Waals surface area contributed by atoms with E-state index in [0.29, 0.717) is 6.42 Å². The van der Waals surface area contributed by atoms with Crippen LogP contribution < -0.4 is 20.7 Å². The Labute approximate surface area is 378 Å². The van der Waals surface area contributed by atoms with Crippen molar-refractivity contribution < 1.29 is 37.7 Å². The fraction of sp³-hybridized carbons (Fsp3) is 0.491. The summed E-state index contributed by atoms with van der Waals surface area (Å²) in [4.78, 5) is 12.8. The molecule has 9 atom stereocenters. The number of aliphatic hydroxyl groups excluding tert-OH is 1. The monoisotopic (exact) mass is 890 g/mol. The average molecular weight is 891 g/mol. The Morgan fingerprint density at radius 2 is 1.08 bits per heavy atom. The summed E-state index contributed by atoms with van der Waals surface area (Å²) in [5, 5.41) is 15.3. The molecular weight excluding hydrogens is 821 g/mol. The van der Waals surface area contributed by atoms with Crippen LogP contribution in [0.3, 0.4) is 0 Å². The van der Waals surface area contributed by atoms with Crippen molar-refractivity contribution in [3.05, 3.63) is 134 Å². The Kier molecular flexibility index (Phi) is 14.3. The molecule has 338 valence electrons. The molecule has 0 radical (unpaired) electrons. The molecule has 0 bridgehead atoms. The maximum atomic E-state index is 12.8. The molecule has 8 nitrogen and oxygen atoms in total. The Morgan fingerprint density at radius 3 is 1.49 bits per heavy atom. The summed E-state index contributed by atoms with van der Waals surface area (Å²) in [7, 11) is -6.37. The number of carbonyl (C=O) groups is 1. The fourth-order valence-corrected chi connectivity index (χ4v) is 19.6. The van der Waals surface area contributed by atoms with Crippen LogP contribution in [0.5, 0.6) is 0 Å². The third-order valence-electron chi connectivity index (χ3n) is 13.3. The summed E-state index contributed by atoms with van der Waals surface area (Å²) in [5.41, 5.74) is -0.595. The topological polar surface area (TPSA) is 92.7 Å². The van der Waals surface area contributed by atoms with Crippen LogP contribution in [0.15, 0.2) is 134 Å². The van der Waals surface area contributed by atoms with Crippen LogP contribution in [0.4, 0.5) is 0 Å². The molecule has 3 fully saturated rings. The number of carbonyl (C=O) groups excluding carboxylic acids is 1. The van der Waals surface area contributed by atoms with E-state index in [2.05, 4.69) is 169 Å². The third-order valence-corrected chi connectivity index (χ3v) is 23.4. The first-order valence-corrected chi connectivity index (χ1v) is 26.7. The number of esters is 1. The molecule has 4 aromatic carbocycles. The smallest absolute Gasteiger partial charge is 0.311 e. The number of rotatable bonds is 14. The second-order valence-corrected chi connectivity index (χ2v) is 29.3. The van der Waals surface area contributed by atoms with E-state index in [1.165, 1.54) is 0 Å². The van der Waals surface area contributed by atoms with Crippen molar-refractivity contribution in [2.24, 2.45) is 5.41 Å². The maximum absolute atomic E-state index is 12.8. The van der Waals surface area contributed by atoms with Gasteiger partial charge in [-0.3, -0.25) is 4.79 Å². The van der Waals surface area contributed by atoms with E-state index >= 15 is 0 Å². The molecule has 0 saturated carbocycles. The van der Waals surface area contributed by atoms with E-state index in [1.807, 2.05) is 20.8 Å². The van der Waals surface area contributed by atoms with Gasteiger partial charge >= 0.3 is 5.97 Å². The molecule has 0 aliphatic carbocycles. The molecule has 10 heteroatoms. The first-order chi connectivity index (χ1) is 29.9. The molecular formula is C53H70O8Si2. The van der Waals surface area contributed by atoms with Gasteiger partial charge in [0.25, 0.3) is 16.6 Å². The van der Waals surface area contributed by atoms with Gasteiger partial charge in [-0.15, -0.1) is 6.58 Å². The highest BCUT2D eigenvalue weighted by Crippen LogP contribution is 2.48. The molecule has 0 spiro atoms. The van der Waals surface area contributed by atoms with E-state index in [-0.39, 0.29) is 41.3 Å². The van der Waals surface area contributed by atoms with Crippen molar-refractivity contribution in [1.82, 2.24) is 0 Å². The van der Waals surface area contributed by atoms with Crippen molar-refractivity contribution in [1.29, 1.82) is 0 Å². The number of aliphatic hydroxyl groups is 1. The highest BCUT2D eigenvalue weighted by atomic mass is 28.4. The minimum absolute atomic E-state index is 0.187. The van der Waals surface area contributed by atoms with Gasteiger partial charge in [0.15, 0.2) is 0 Å². The Hall–Kier alpha value is -3.72. The molecule has 0 aromatic heterocycles. The van der Waals surface area contributed by atoms with E-state index in [4.69, 9.17) is 27.8 Å². The second-order valence-electron chi connectivity index (χ2n) is 20.8. The second kappa shape index (κ2) is 19.0. The number of hydrogen-bond donors (Lipinski definition) is 1. The highest BCUT2D eigenvalue weighted by molar-refractivity contribution is 7.00. The van der Waals surface area contributed by atoms with Crippen molar-refractivity contribution in [2.75, 3.05) is 6.61 Å². The van der Waals surface area contributed by atoms with Gasteiger partial charge in [-0.1, -0.05) is 169 Å². The van der Waals surface area contributed by atoms with E-state index < -0.39 is 64.8 Å². The molecule has 3 aliphatic rings. The van der Waals surface area contributed by atoms with Crippen LogP contribution in [-0.4, -0.2) is 89.3 Å². The molecule has 3 heterocycles. The number of fused-ring (bicyclic) bond motifs is 2. The van der Waals surface area contributed by atoms with E-state index in [0.717, 1.165) is 33.6 Å². The zero-order chi connectivity index (χ0) is 45.2. The molecule has 3 aliphatic heterocycles. The van der Waals surface area contributed by atoms with Crippen LogP contribution in [0.1, 0.15) is 88.0 Å². The van der Waals surface area contributed by atoms with Crippen LogP contribution in [-0.2, 0) is 32.6 Å². The molecule has 63 heavy (non-hydrogen) atoms. The van der Waals surface area contributed by atoms with E-state index in [9.17, 15) is 9.90 Å². The van der Waals surface area contributed by atoms with Crippen molar-refractivity contribution in [3.63, 3.8) is 0 Å². The van der Waals surface area contributed by atoms with Gasteiger partial charge in [-0.25, -0.2) is 0 Å². The summed E-state index contributed by atoms with van der Waals surface area (Å²) < 4.78 is 43.8. The molecule has 4 aromatic rings. The average Bonchev–Trinajstić information content (AvgIpc) is 3.59. The SMILES string of the molecule is C=CC(O)C[C@H]1O[C@@H]2[C@@H](OC3CCC(CCOC(=O)C(C)(C)C)O[C@@H]3[C@@H]2O[Si](c2ccccc2)(c2ccccc2)C(C)(C)C)[C@H]1O[Si](c1ccccc1)(c1ccccc1)C(C)(C)C. The summed E-state index contributed by atoms with van der Waals surface area (Å²) in [6.45, 7) is 23.5. The predicted octanol–water partition coefficient (Wildman–Crippen LogP) is 7.88. The standard InChI is InChI=1S/C53H70O8Si2/c1-11-37(54)36-44-46(60-62(52(5,6)7,39-24-16-12-17-25-39)40-26-18-13-19-27-40)47-48(59-44)49(45-43(58-47)33-32-38(57-45)34-35-56-50(55)51(2,3)4)61-63(53(8,9)10,41-28-20-14-21-29-41)42-30-22-15-23-31-42/h11-31,37-38,43-49,54H,1,32-36H2,2-10H3/t37?,38?,43?,44-,45+,46+,47+,48-,49+/m1/s1. The maximum Gasteiger partial charge on any atom is 0.311 e. The van der Waals surface area contributed by atoms with Gasteiger partial charge in [0.05, 0.1) is 36.4 Å². The molecule has 7 rings (SSSR count). The molecule has 0 amide bonds. The molecule has 3 saturated heterocycles. The zero-order valence-electron chi connectivity index (χ0n) is 38.9. The van der Waals surface area contributed by atoms with Crippen molar-refractivity contribution >= 4 is 43.4 Å². The van der Waals surface area contributed by atoms with E-state index in [1.54, 1.807) is 6.08 Å². The van der Waals surface area contributed by atoms with Crippen molar-refractivity contribution in [2.45, 2.75) is 153 Å². The summed E-state index contributed by atoms with van der Waals surface area (Å²) in [6, 6.07) is 42.6. The summed E-state index contributed by atoms with van der Waals surface area (Å²) in [6.07, 6.45) is -0.892. The lowest BCUT2D eigenvalue weighted by molar-refractivity contribution is -0.256. The lowest BCUT2D eigenvalue weighted by atomic mass is 9.88. The third kappa shape index (κ3) is 9.52. The van der Waals surface area contributed by atoms with Gasteiger partial charge in [-0.2, -0.15) is 0 Å². The van der Waals surface area contributed by atoms with Crippen molar-refractivity contribution in [3.8, 4) is 0 Å². The van der Waals surface area contributed by atoms with Crippen LogP contribution in [0.25, 0.3) is 0 Å². The Morgan fingerprint density at radius 1 is 0.651 bits per heavy atom. The van der Waals surface area contributed by atoms with Gasteiger partial charge in [0.1, 0.15) is 30.5 Å². The van der Waals surface area contributed by atoms with Crippen LogP contribution in [0, 0.1) is 5.41 Å². The first kappa shape index (κ1) is 47.3. The van der Waals surface area contributed by atoms with Gasteiger partial charge in [0, 0.05) is 12.8 Å². The van der Waals surface area contributed by atoms with Gasteiger partial charge in [-0.05, 0) is 64.4 Å². The number of ether oxygens (including phenoxy) is 4. The van der Waals surface area contributed by atoms with Crippen LogP contribution in [0.2, 0.25) is 10.1 Å². The first-order valence-electron chi connectivity index (χ1n) is 22.9. The van der Waals surface area contributed by atoms with Gasteiger partial charge < -0.3 is 32.9 Å². The minimum atomic E-state index is -3.20. The lowest BCUT2D eigenvalue weighted by Gasteiger charge is -2.53. The molecule has 3 unspecified atom stereocenters. The quantitative estimate of drug-likeness (QED) is 0.0778. The Balaban J connectivity index is 1.37. The summed E-state index contributed by atoms with van der Waals surface area (Å²) >= 11 is 0. The normalized spacial score (nSPS) is 26.0. The largest absolute Gasteiger partial charge is 0.465 e. The highest BCUT2D eigenvalue weighted by Gasteiger charge is 2.64. The number of benzene rings is 4. The summed E-state index contributed by atoms with van der Waals surface area (Å²) in [5.74, 6) is -0.230. The minimum Gasteiger partial charge on any atom is -0.465 e. The lowest BCUT2D eigenvalue weighted by Crippen LogP contribution is -2.73. The number of hydrogen-bond acceptors (Lipinski definition) is 8. The fourth-order valence-electron chi connectivity index (χ4n) is 10.2.